The van der Waals surface area contributed by atoms with Crippen molar-refractivity contribution in [3.8, 4) is 5.88 Å². The minimum atomic E-state index is -5.63. The first-order valence-corrected chi connectivity index (χ1v) is 4.08. The van der Waals surface area contributed by atoms with Crippen LogP contribution >= 0.6 is 0 Å². The molecule has 0 bridgehead atoms. The molecule has 0 aromatic carbocycles. The highest BCUT2D eigenvalue weighted by Crippen LogP contribution is 2.35. The quantitative estimate of drug-likeness (QED) is 0.763. The second kappa shape index (κ2) is 4.18. The van der Waals surface area contributed by atoms with Gasteiger partial charge in [-0.25, -0.2) is 4.98 Å². The Bertz CT molecular complexity index is 348. The van der Waals surface area contributed by atoms with E-state index in [1.165, 1.54) is 6.20 Å². The predicted octanol–water partition coefficient (Wildman–Crippen LogP) is 2.36. The third-order valence-electron chi connectivity index (χ3n) is 1.57. The number of hydrogen-bond acceptors (Lipinski definition) is 3. The summed E-state index contributed by atoms with van der Waals surface area (Å²) < 4.78 is 64.2. The SMILES string of the molecule is Cc1cnc(OCC(F)(F)C(F)(F)F)cn1. The minimum Gasteiger partial charge on any atom is -0.470 e. The van der Waals surface area contributed by atoms with Crippen LogP contribution in [0.2, 0.25) is 0 Å². The van der Waals surface area contributed by atoms with Gasteiger partial charge in [-0.1, -0.05) is 0 Å². The summed E-state index contributed by atoms with van der Waals surface area (Å²) in [7, 11) is 0. The molecule has 1 rings (SSSR count). The number of nitrogens with zero attached hydrogens (tertiary/aromatic N) is 2. The number of ether oxygens (including phenoxy) is 1. The number of hydrogen-bond donors (Lipinski definition) is 0. The molecule has 0 aliphatic heterocycles. The zero-order valence-corrected chi connectivity index (χ0v) is 8.05. The van der Waals surface area contributed by atoms with Crippen LogP contribution in [-0.2, 0) is 0 Å². The van der Waals surface area contributed by atoms with E-state index in [-0.39, 0.29) is 5.88 Å². The summed E-state index contributed by atoms with van der Waals surface area (Å²) in [6.07, 6.45) is -3.46. The van der Waals surface area contributed by atoms with E-state index >= 15 is 0 Å². The molecule has 16 heavy (non-hydrogen) atoms. The third-order valence-corrected chi connectivity index (χ3v) is 1.57. The molecule has 0 unspecified atom stereocenters. The second-order valence-corrected chi connectivity index (χ2v) is 2.99. The van der Waals surface area contributed by atoms with Crippen molar-refractivity contribution in [2.45, 2.75) is 19.0 Å². The lowest BCUT2D eigenvalue weighted by molar-refractivity contribution is -0.290. The third kappa shape index (κ3) is 3.01. The Morgan fingerprint density at radius 2 is 1.75 bits per heavy atom. The van der Waals surface area contributed by atoms with Gasteiger partial charge in [0.25, 0.3) is 0 Å². The predicted molar refractivity (Wildman–Crippen MR) is 43.3 cm³/mol. The van der Waals surface area contributed by atoms with Crippen LogP contribution in [0.3, 0.4) is 0 Å². The Morgan fingerprint density at radius 1 is 1.12 bits per heavy atom. The normalized spacial score (nSPS) is 12.6. The highest BCUT2D eigenvalue weighted by molar-refractivity contribution is 5.06. The molecule has 90 valence electrons. The van der Waals surface area contributed by atoms with Crippen molar-refractivity contribution in [2.24, 2.45) is 0 Å². The van der Waals surface area contributed by atoms with Crippen LogP contribution in [0.25, 0.3) is 0 Å². The van der Waals surface area contributed by atoms with Gasteiger partial charge < -0.3 is 4.74 Å². The fourth-order valence-electron chi connectivity index (χ4n) is 0.702. The molecule has 0 radical (unpaired) electrons. The number of halogens is 5. The van der Waals surface area contributed by atoms with Crippen molar-refractivity contribution in [3.63, 3.8) is 0 Å². The number of aromatic nitrogens is 2. The lowest BCUT2D eigenvalue weighted by atomic mass is 10.3. The van der Waals surface area contributed by atoms with Crippen LogP contribution < -0.4 is 4.74 Å². The van der Waals surface area contributed by atoms with Gasteiger partial charge in [0, 0.05) is 0 Å². The Balaban J connectivity index is 2.61. The molecule has 0 aliphatic rings. The maximum absolute atomic E-state index is 12.4. The Morgan fingerprint density at radius 3 is 2.19 bits per heavy atom. The molecular formula is C8H7F5N2O. The summed E-state index contributed by atoms with van der Waals surface area (Å²) in [5.74, 6) is -5.28. The van der Waals surface area contributed by atoms with Crippen LogP contribution in [0.1, 0.15) is 5.69 Å². The fraction of sp³-hybridized carbons (Fsp3) is 0.500. The lowest BCUT2D eigenvalue weighted by Crippen LogP contribution is -2.41. The summed E-state index contributed by atoms with van der Waals surface area (Å²) >= 11 is 0. The van der Waals surface area contributed by atoms with E-state index in [9.17, 15) is 22.0 Å². The zero-order valence-electron chi connectivity index (χ0n) is 8.05. The molecular weight excluding hydrogens is 235 g/mol. The van der Waals surface area contributed by atoms with E-state index in [2.05, 4.69) is 14.7 Å². The summed E-state index contributed by atoms with van der Waals surface area (Å²) in [6, 6.07) is 0. The van der Waals surface area contributed by atoms with Crippen molar-refractivity contribution >= 4 is 0 Å². The molecule has 0 N–H and O–H groups in total. The molecule has 1 aromatic rings. The average molecular weight is 242 g/mol. The molecule has 0 fully saturated rings. The van der Waals surface area contributed by atoms with Crippen LogP contribution in [0, 0.1) is 6.92 Å². The molecule has 1 heterocycles. The summed E-state index contributed by atoms with van der Waals surface area (Å²) in [5.41, 5.74) is 0.495. The van der Waals surface area contributed by atoms with Gasteiger partial charge in [-0.3, -0.25) is 4.98 Å². The highest BCUT2D eigenvalue weighted by atomic mass is 19.4. The molecule has 0 saturated heterocycles. The Labute approximate surface area is 87.3 Å². The van der Waals surface area contributed by atoms with Gasteiger partial charge >= 0.3 is 12.1 Å². The molecule has 0 atom stereocenters. The topological polar surface area (TPSA) is 35.0 Å². The smallest absolute Gasteiger partial charge is 0.456 e. The first-order chi connectivity index (χ1) is 7.22. The molecule has 0 amide bonds. The number of rotatable bonds is 3. The van der Waals surface area contributed by atoms with Gasteiger partial charge in [0.05, 0.1) is 18.1 Å². The average Bonchev–Trinajstić information content (AvgIpc) is 2.15. The van der Waals surface area contributed by atoms with Crippen molar-refractivity contribution in [1.82, 2.24) is 9.97 Å². The van der Waals surface area contributed by atoms with Crippen LogP contribution in [-0.4, -0.2) is 28.7 Å². The standard InChI is InChI=1S/C8H7F5N2O/c1-5-2-15-6(3-14-5)16-4-7(9,10)8(11,12)13/h2-3H,4H2,1H3. The summed E-state index contributed by atoms with van der Waals surface area (Å²) in [5, 5.41) is 0. The molecule has 0 saturated carbocycles. The van der Waals surface area contributed by atoms with Gasteiger partial charge in [0.15, 0.2) is 6.61 Å². The monoisotopic (exact) mass is 242 g/mol. The summed E-state index contributed by atoms with van der Waals surface area (Å²) in [6.45, 7) is -0.227. The maximum atomic E-state index is 12.4. The number of aryl methyl sites for hydroxylation is 1. The molecule has 0 spiro atoms. The van der Waals surface area contributed by atoms with E-state index in [1.807, 2.05) is 0 Å². The first kappa shape index (κ1) is 12.6. The molecule has 8 heteroatoms. The van der Waals surface area contributed by atoms with Gasteiger partial charge in [-0.05, 0) is 6.92 Å². The molecule has 3 nitrogen and oxygen atoms in total. The van der Waals surface area contributed by atoms with E-state index in [0.717, 1.165) is 6.20 Å². The van der Waals surface area contributed by atoms with Crippen molar-refractivity contribution < 1.29 is 26.7 Å². The van der Waals surface area contributed by atoms with Gasteiger partial charge in [0.1, 0.15) is 0 Å². The van der Waals surface area contributed by atoms with E-state index in [4.69, 9.17) is 0 Å². The number of alkyl halides is 5. The van der Waals surface area contributed by atoms with E-state index in [0.29, 0.717) is 5.69 Å². The van der Waals surface area contributed by atoms with Gasteiger partial charge in [-0.15, -0.1) is 0 Å². The second-order valence-electron chi connectivity index (χ2n) is 2.99. The van der Waals surface area contributed by atoms with Crippen LogP contribution in [0.15, 0.2) is 12.4 Å². The Hall–Kier alpha value is -1.47. The summed E-state index contributed by atoms with van der Waals surface area (Å²) in [4.78, 5) is 7.11. The van der Waals surface area contributed by atoms with Crippen LogP contribution in [0.4, 0.5) is 22.0 Å². The van der Waals surface area contributed by atoms with Gasteiger partial charge in [-0.2, -0.15) is 22.0 Å². The highest BCUT2D eigenvalue weighted by Gasteiger charge is 2.58. The fourth-order valence-corrected chi connectivity index (χ4v) is 0.702. The first-order valence-electron chi connectivity index (χ1n) is 4.08. The van der Waals surface area contributed by atoms with Gasteiger partial charge in [0.2, 0.25) is 5.88 Å². The van der Waals surface area contributed by atoms with Crippen molar-refractivity contribution in [3.05, 3.63) is 18.1 Å². The molecule has 0 aliphatic carbocycles. The van der Waals surface area contributed by atoms with E-state index in [1.54, 1.807) is 6.92 Å². The largest absolute Gasteiger partial charge is 0.470 e. The zero-order chi connectivity index (χ0) is 12.4. The van der Waals surface area contributed by atoms with Crippen LogP contribution in [0.5, 0.6) is 5.88 Å². The maximum Gasteiger partial charge on any atom is 0.456 e. The van der Waals surface area contributed by atoms with Crippen molar-refractivity contribution in [1.29, 1.82) is 0 Å². The lowest BCUT2D eigenvalue weighted by Gasteiger charge is -2.19. The minimum absolute atomic E-state index is 0.380. The molecule has 1 aromatic heterocycles. The Kier molecular flexibility index (Phi) is 3.30. The van der Waals surface area contributed by atoms with E-state index < -0.39 is 18.7 Å². The van der Waals surface area contributed by atoms with Crippen molar-refractivity contribution in [2.75, 3.05) is 6.61 Å².